The van der Waals surface area contributed by atoms with Crippen LogP contribution in [-0.2, 0) is 11.3 Å². The molecule has 0 aromatic carbocycles. The molecule has 1 aromatic rings. The normalized spacial score (nSPS) is 19.4. The number of thiophene rings is 1. The summed E-state index contributed by atoms with van der Waals surface area (Å²) in [7, 11) is 0. The van der Waals surface area contributed by atoms with E-state index in [0.29, 0.717) is 19.5 Å². The van der Waals surface area contributed by atoms with Crippen LogP contribution in [0.1, 0.15) is 35.4 Å². The van der Waals surface area contributed by atoms with Gasteiger partial charge in [0, 0.05) is 16.3 Å². The third kappa shape index (κ3) is 3.72. The summed E-state index contributed by atoms with van der Waals surface area (Å²) in [6, 6.07) is 3.03. The van der Waals surface area contributed by atoms with Crippen molar-refractivity contribution in [3.63, 3.8) is 0 Å². The Kier molecular flexibility index (Phi) is 5.00. The van der Waals surface area contributed by atoms with E-state index in [1.54, 1.807) is 11.3 Å². The minimum Gasteiger partial charge on any atom is -0.480 e. The van der Waals surface area contributed by atoms with Gasteiger partial charge in [-0.05, 0) is 31.9 Å². The second-order valence-corrected chi connectivity index (χ2v) is 6.44. The van der Waals surface area contributed by atoms with Crippen molar-refractivity contribution in [3.8, 4) is 0 Å². The monoisotopic (exact) mass is 296 g/mol. The zero-order valence-electron chi connectivity index (χ0n) is 11.6. The Morgan fingerprint density at radius 3 is 2.85 bits per heavy atom. The molecule has 1 atom stereocenters. The lowest BCUT2D eigenvalue weighted by molar-refractivity contribution is -0.142. The lowest BCUT2D eigenvalue weighted by atomic mass is 10.1. The minimum atomic E-state index is -0.908. The number of rotatable bonds is 3. The Morgan fingerprint density at radius 1 is 1.40 bits per heavy atom. The Labute approximate surface area is 122 Å². The van der Waals surface area contributed by atoms with Crippen molar-refractivity contribution in [1.29, 1.82) is 0 Å². The fourth-order valence-corrected chi connectivity index (χ4v) is 3.28. The standard InChI is InChI=1S/C14H20N2O3S/c1-10-6-7-11(20-10)9-15-14(19)16-8-4-2-3-5-12(16)13(17)18/h6-7,12H,2-5,8-9H2,1H3,(H,15,19)(H,17,18). The molecule has 2 heterocycles. The van der Waals surface area contributed by atoms with E-state index in [1.807, 2.05) is 19.1 Å². The van der Waals surface area contributed by atoms with Gasteiger partial charge in [0.1, 0.15) is 6.04 Å². The summed E-state index contributed by atoms with van der Waals surface area (Å²) in [6.07, 6.45) is 3.26. The molecule has 0 bridgehead atoms. The van der Waals surface area contributed by atoms with E-state index in [0.717, 1.165) is 24.1 Å². The Balaban J connectivity index is 1.96. The van der Waals surface area contributed by atoms with E-state index >= 15 is 0 Å². The van der Waals surface area contributed by atoms with Gasteiger partial charge in [-0.15, -0.1) is 11.3 Å². The number of likely N-dealkylation sites (tertiary alicyclic amines) is 1. The maximum Gasteiger partial charge on any atom is 0.326 e. The van der Waals surface area contributed by atoms with Crippen LogP contribution in [0.25, 0.3) is 0 Å². The molecule has 1 unspecified atom stereocenters. The quantitative estimate of drug-likeness (QED) is 0.900. The fourth-order valence-electron chi connectivity index (χ4n) is 2.45. The van der Waals surface area contributed by atoms with Crippen LogP contribution in [0.5, 0.6) is 0 Å². The molecule has 1 saturated heterocycles. The smallest absolute Gasteiger partial charge is 0.326 e. The number of nitrogens with zero attached hydrogens (tertiary/aromatic N) is 1. The van der Waals surface area contributed by atoms with Crippen molar-refractivity contribution in [1.82, 2.24) is 10.2 Å². The summed E-state index contributed by atoms with van der Waals surface area (Å²) in [4.78, 5) is 27.2. The van der Waals surface area contributed by atoms with Crippen molar-refractivity contribution in [2.75, 3.05) is 6.54 Å². The van der Waals surface area contributed by atoms with Crippen molar-refractivity contribution >= 4 is 23.3 Å². The molecule has 6 heteroatoms. The minimum absolute atomic E-state index is 0.273. The molecular weight excluding hydrogens is 276 g/mol. The molecular formula is C14H20N2O3S. The van der Waals surface area contributed by atoms with Gasteiger partial charge in [-0.2, -0.15) is 0 Å². The van der Waals surface area contributed by atoms with Gasteiger partial charge < -0.3 is 15.3 Å². The Morgan fingerprint density at radius 2 is 2.20 bits per heavy atom. The SMILES string of the molecule is Cc1ccc(CNC(=O)N2CCCCCC2C(=O)O)s1. The summed E-state index contributed by atoms with van der Waals surface area (Å²) in [5.74, 6) is -0.908. The third-order valence-corrected chi connectivity index (χ3v) is 4.51. The first-order chi connectivity index (χ1) is 9.58. The molecule has 2 N–H and O–H groups in total. The van der Waals surface area contributed by atoms with Gasteiger partial charge in [0.25, 0.3) is 0 Å². The number of carboxylic acids is 1. The molecule has 0 radical (unpaired) electrons. The number of hydrogen-bond acceptors (Lipinski definition) is 3. The van der Waals surface area contributed by atoms with E-state index in [4.69, 9.17) is 0 Å². The Hall–Kier alpha value is -1.56. The first kappa shape index (κ1) is 14.8. The molecule has 110 valence electrons. The number of aliphatic carboxylic acids is 1. The van der Waals surface area contributed by atoms with Crippen molar-refractivity contribution in [2.24, 2.45) is 0 Å². The lowest BCUT2D eigenvalue weighted by Crippen LogP contribution is -2.49. The maximum atomic E-state index is 12.2. The maximum absolute atomic E-state index is 12.2. The van der Waals surface area contributed by atoms with E-state index < -0.39 is 12.0 Å². The number of carbonyl (C=O) groups is 2. The van der Waals surface area contributed by atoms with Crippen LogP contribution in [0.15, 0.2) is 12.1 Å². The van der Waals surface area contributed by atoms with Gasteiger partial charge in [-0.25, -0.2) is 9.59 Å². The second kappa shape index (κ2) is 6.74. The molecule has 1 aliphatic rings. The van der Waals surface area contributed by atoms with Gasteiger partial charge in [0.05, 0.1) is 6.54 Å². The fraction of sp³-hybridized carbons (Fsp3) is 0.571. The van der Waals surface area contributed by atoms with Gasteiger partial charge in [0.2, 0.25) is 0 Å². The van der Waals surface area contributed by atoms with Crippen LogP contribution in [0.4, 0.5) is 4.79 Å². The number of urea groups is 1. The third-order valence-electron chi connectivity index (χ3n) is 3.51. The van der Waals surface area contributed by atoms with Gasteiger partial charge in [0.15, 0.2) is 0 Å². The molecule has 0 saturated carbocycles. The highest BCUT2D eigenvalue weighted by Crippen LogP contribution is 2.18. The molecule has 20 heavy (non-hydrogen) atoms. The first-order valence-corrected chi connectivity index (χ1v) is 7.72. The number of aryl methyl sites for hydroxylation is 1. The number of amides is 2. The second-order valence-electron chi connectivity index (χ2n) is 5.07. The van der Waals surface area contributed by atoms with Gasteiger partial charge >= 0.3 is 12.0 Å². The summed E-state index contributed by atoms with van der Waals surface area (Å²) in [5.41, 5.74) is 0. The number of nitrogens with one attached hydrogen (secondary N) is 1. The number of hydrogen-bond donors (Lipinski definition) is 2. The predicted octanol–water partition coefficient (Wildman–Crippen LogP) is 2.60. The Bertz CT molecular complexity index is 487. The van der Waals surface area contributed by atoms with E-state index in [1.165, 1.54) is 9.78 Å². The average molecular weight is 296 g/mol. The number of carboxylic acid groups (broad SMARTS) is 1. The van der Waals surface area contributed by atoms with Gasteiger partial charge in [-0.1, -0.05) is 12.8 Å². The van der Waals surface area contributed by atoms with Crippen LogP contribution in [0, 0.1) is 6.92 Å². The van der Waals surface area contributed by atoms with Gasteiger partial charge in [-0.3, -0.25) is 0 Å². The highest BCUT2D eigenvalue weighted by molar-refractivity contribution is 7.11. The predicted molar refractivity (Wildman–Crippen MR) is 77.9 cm³/mol. The molecule has 5 nitrogen and oxygen atoms in total. The summed E-state index contributed by atoms with van der Waals surface area (Å²) in [6.45, 7) is 3.00. The van der Waals surface area contributed by atoms with E-state index in [2.05, 4.69) is 5.32 Å². The average Bonchev–Trinajstić information content (AvgIpc) is 2.68. The highest BCUT2D eigenvalue weighted by atomic mass is 32.1. The summed E-state index contributed by atoms with van der Waals surface area (Å²) < 4.78 is 0. The molecule has 1 aliphatic heterocycles. The molecule has 2 rings (SSSR count). The van der Waals surface area contributed by atoms with Crippen LogP contribution < -0.4 is 5.32 Å². The topological polar surface area (TPSA) is 69.6 Å². The molecule has 2 amide bonds. The molecule has 1 aromatic heterocycles. The zero-order valence-corrected chi connectivity index (χ0v) is 12.4. The molecule has 1 fully saturated rings. The largest absolute Gasteiger partial charge is 0.480 e. The first-order valence-electron chi connectivity index (χ1n) is 6.90. The van der Waals surface area contributed by atoms with Crippen LogP contribution in [-0.4, -0.2) is 34.6 Å². The molecule has 0 aliphatic carbocycles. The summed E-state index contributed by atoms with van der Waals surface area (Å²) in [5, 5.41) is 12.1. The summed E-state index contributed by atoms with van der Waals surface area (Å²) >= 11 is 1.64. The van der Waals surface area contributed by atoms with E-state index in [9.17, 15) is 14.7 Å². The van der Waals surface area contributed by atoms with Crippen molar-refractivity contribution in [3.05, 3.63) is 21.9 Å². The van der Waals surface area contributed by atoms with Crippen molar-refractivity contribution in [2.45, 2.75) is 45.2 Å². The zero-order chi connectivity index (χ0) is 14.5. The molecule has 0 spiro atoms. The van der Waals surface area contributed by atoms with Crippen LogP contribution in [0.2, 0.25) is 0 Å². The van der Waals surface area contributed by atoms with Crippen LogP contribution >= 0.6 is 11.3 Å². The number of carbonyl (C=O) groups excluding carboxylic acids is 1. The lowest BCUT2D eigenvalue weighted by Gasteiger charge is -2.26. The van der Waals surface area contributed by atoms with Crippen molar-refractivity contribution < 1.29 is 14.7 Å². The van der Waals surface area contributed by atoms with Crippen LogP contribution in [0.3, 0.4) is 0 Å². The highest BCUT2D eigenvalue weighted by Gasteiger charge is 2.30. The van der Waals surface area contributed by atoms with E-state index in [-0.39, 0.29) is 6.03 Å².